The van der Waals surface area contributed by atoms with Gasteiger partial charge in [0.2, 0.25) is 5.91 Å². The van der Waals surface area contributed by atoms with Crippen molar-refractivity contribution in [3.8, 4) is 0 Å². The Morgan fingerprint density at radius 3 is 2.71 bits per heavy atom. The van der Waals surface area contributed by atoms with E-state index in [-0.39, 0.29) is 11.8 Å². The van der Waals surface area contributed by atoms with E-state index in [1.54, 1.807) is 6.20 Å². The number of benzene rings is 1. The average Bonchev–Trinajstić information content (AvgIpc) is 2.92. The Balaban J connectivity index is 1.61. The van der Waals surface area contributed by atoms with E-state index in [0.29, 0.717) is 5.92 Å². The van der Waals surface area contributed by atoms with Crippen LogP contribution >= 0.6 is 0 Å². The maximum absolute atomic E-state index is 12.7. The minimum atomic E-state index is 0.0234. The first-order chi connectivity index (χ1) is 11.5. The number of amides is 1. The molecule has 1 aliphatic rings. The zero-order valence-electron chi connectivity index (χ0n) is 14.6. The van der Waals surface area contributed by atoms with E-state index in [9.17, 15) is 4.79 Å². The van der Waals surface area contributed by atoms with Crippen molar-refractivity contribution in [3.05, 3.63) is 59.4 Å². The standard InChI is InChI=1S/C20H25N3O/c1-14-9-18(10-21-16(14)3)22-20(24)19-13-23(11-15(19)2)12-17-7-5-4-6-8-17/h4-10,15,19H,11-13H2,1-3H3,(H,22,24). The molecule has 4 nitrogen and oxygen atoms in total. The molecule has 2 atom stereocenters. The number of aryl methyl sites for hydroxylation is 2. The number of aromatic nitrogens is 1. The van der Waals surface area contributed by atoms with Gasteiger partial charge in [0.25, 0.3) is 0 Å². The van der Waals surface area contributed by atoms with Crippen molar-refractivity contribution in [2.75, 3.05) is 18.4 Å². The van der Waals surface area contributed by atoms with Crippen molar-refractivity contribution in [1.82, 2.24) is 9.88 Å². The average molecular weight is 323 g/mol. The summed E-state index contributed by atoms with van der Waals surface area (Å²) in [7, 11) is 0. The Morgan fingerprint density at radius 1 is 1.25 bits per heavy atom. The van der Waals surface area contributed by atoms with Crippen molar-refractivity contribution < 1.29 is 4.79 Å². The molecule has 0 spiro atoms. The second-order valence-electron chi connectivity index (χ2n) is 6.88. The van der Waals surface area contributed by atoms with Crippen LogP contribution in [-0.2, 0) is 11.3 Å². The highest BCUT2D eigenvalue weighted by Crippen LogP contribution is 2.26. The van der Waals surface area contributed by atoms with E-state index >= 15 is 0 Å². The van der Waals surface area contributed by atoms with Gasteiger partial charge in [0.05, 0.1) is 17.8 Å². The number of carbonyl (C=O) groups is 1. The van der Waals surface area contributed by atoms with Crippen LogP contribution in [-0.4, -0.2) is 28.9 Å². The predicted octanol–water partition coefficient (Wildman–Crippen LogP) is 3.41. The van der Waals surface area contributed by atoms with Gasteiger partial charge in [0, 0.05) is 25.3 Å². The number of likely N-dealkylation sites (tertiary alicyclic amines) is 1. The lowest BCUT2D eigenvalue weighted by molar-refractivity contribution is -0.120. The van der Waals surface area contributed by atoms with Crippen LogP contribution in [0.25, 0.3) is 0 Å². The third-order valence-corrected chi connectivity index (χ3v) is 4.88. The predicted molar refractivity (Wildman–Crippen MR) is 96.7 cm³/mol. The van der Waals surface area contributed by atoms with Gasteiger partial charge in [0.1, 0.15) is 0 Å². The highest BCUT2D eigenvalue weighted by Gasteiger charge is 2.34. The largest absolute Gasteiger partial charge is 0.324 e. The fraction of sp³-hybridized carbons (Fsp3) is 0.400. The lowest BCUT2D eigenvalue weighted by Crippen LogP contribution is -2.28. The molecule has 1 saturated heterocycles. The van der Waals surface area contributed by atoms with Gasteiger partial charge in [-0.05, 0) is 37.0 Å². The molecule has 1 aromatic heterocycles. The summed E-state index contributed by atoms with van der Waals surface area (Å²) < 4.78 is 0. The summed E-state index contributed by atoms with van der Waals surface area (Å²) in [6.07, 6.45) is 1.74. The number of rotatable bonds is 4. The Kier molecular flexibility index (Phi) is 4.95. The molecule has 2 heterocycles. The third kappa shape index (κ3) is 3.82. The molecule has 2 aromatic rings. The van der Waals surface area contributed by atoms with E-state index in [2.05, 4.69) is 46.4 Å². The number of hydrogen-bond donors (Lipinski definition) is 1. The van der Waals surface area contributed by atoms with E-state index in [4.69, 9.17) is 0 Å². The summed E-state index contributed by atoms with van der Waals surface area (Å²) in [5.41, 5.74) is 4.18. The molecule has 24 heavy (non-hydrogen) atoms. The lowest BCUT2D eigenvalue weighted by atomic mass is 9.97. The first-order valence-corrected chi connectivity index (χ1v) is 8.53. The molecule has 4 heteroatoms. The molecule has 0 radical (unpaired) electrons. The van der Waals surface area contributed by atoms with Gasteiger partial charge in [-0.3, -0.25) is 14.7 Å². The first kappa shape index (κ1) is 16.7. The molecule has 1 fully saturated rings. The van der Waals surface area contributed by atoms with Crippen molar-refractivity contribution in [2.45, 2.75) is 27.3 Å². The number of carbonyl (C=O) groups excluding carboxylic acids is 1. The van der Waals surface area contributed by atoms with Gasteiger partial charge in [-0.2, -0.15) is 0 Å². The minimum absolute atomic E-state index is 0.0234. The molecule has 1 N–H and O–H groups in total. The van der Waals surface area contributed by atoms with Crippen LogP contribution in [0.3, 0.4) is 0 Å². The highest BCUT2D eigenvalue weighted by atomic mass is 16.2. The van der Waals surface area contributed by atoms with Crippen molar-refractivity contribution >= 4 is 11.6 Å². The van der Waals surface area contributed by atoms with Gasteiger partial charge in [-0.15, -0.1) is 0 Å². The van der Waals surface area contributed by atoms with Crippen molar-refractivity contribution in [1.29, 1.82) is 0 Å². The SMILES string of the molecule is Cc1cc(NC(=O)C2CN(Cc3ccccc3)CC2C)cnc1C. The van der Waals surface area contributed by atoms with Crippen LogP contribution in [0, 0.1) is 25.7 Å². The maximum Gasteiger partial charge on any atom is 0.229 e. The normalized spacial score (nSPS) is 21.0. The summed E-state index contributed by atoms with van der Waals surface area (Å²) in [6, 6.07) is 12.4. The summed E-state index contributed by atoms with van der Waals surface area (Å²) in [6.45, 7) is 8.81. The monoisotopic (exact) mass is 323 g/mol. The molecule has 1 aromatic carbocycles. The Morgan fingerprint density at radius 2 is 2.00 bits per heavy atom. The summed E-state index contributed by atoms with van der Waals surface area (Å²) in [5, 5.41) is 3.04. The van der Waals surface area contributed by atoms with Crippen molar-refractivity contribution in [2.24, 2.45) is 11.8 Å². The van der Waals surface area contributed by atoms with E-state index in [1.807, 2.05) is 26.0 Å². The molecule has 3 rings (SSSR count). The smallest absolute Gasteiger partial charge is 0.229 e. The topological polar surface area (TPSA) is 45.2 Å². The van der Waals surface area contributed by atoms with Crippen LogP contribution < -0.4 is 5.32 Å². The zero-order chi connectivity index (χ0) is 17.1. The minimum Gasteiger partial charge on any atom is -0.324 e. The third-order valence-electron chi connectivity index (χ3n) is 4.88. The molecule has 1 amide bonds. The first-order valence-electron chi connectivity index (χ1n) is 8.53. The molecular weight excluding hydrogens is 298 g/mol. The molecule has 2 unspecified atom stereocenters. The van der Waals surface area contributed by atoms with Gasteiger partial charge in [-0.1, -0.05) is 37.3 Å². The Hall–Kier alpha value is -2.20. The summed E-state index contributed by atoms with van der Waals surface area (Å²) in [5.74, 6) is 0.478. The number of hydrogen-bond acceptors (Lipinski definition) is 3. The van der Waals surface area contributed by atoms with Crippen LogP contribution in [0.15, 0.2) is 42.6 Å². The van der Waals surface area contributed by atoms with Gasteiger partial charge >= 0.3 is 0 Å². The molecule has 1 aliphatic heterocycles. The van der Waals surface area contributed by atoms with Gasteiger partial charge < -0.3 is 5.32 Å². The molecule has 0 bridgehead atoms. The molecular formula is C20H25N3O. The van der Waals surface area contributed by atoms with Crippen LogP contribution in [0.5, 0.6) is 0 Å². The van der Waals surface area contributed by atoms with Gasteiger partial charge in [-0.25, -0.2) is 0 Å². The Bertz CT molecular complexity index is 714. The Labute approximate surface area is 143 Å². The van der Waals surface area contributed by atoms with E-state index < -0.39 is 0 Å². The summed E-state index contributed by atoms with van der Waals surface area (Å²) >= 11 is 0. The fourth-order valence-corrected chi connectivity index (χ4v) is 3.33. The maximum atomic E-state index is 12.7. The fourth-order valence-electron chi connectivity index (χ4n) is 3.33. The van der Waals surface area contributed by atoms with Crippen LogP contribution in [0.1, 0.15) is 23.7 Å². The quantitative estimate of drug-likeness (QED) is 0.938. The summed E-state index contributed by atoms with van der Waals surface area (Å²) in [4.78, 5) is 19.3. The molecule has 0 aliphatic carbocycles. The second kappa shape index (κ2) is 7.14. The lowest BCUT2D eigenvalue weighted by Gasteiger charge is -2.16. The zero-order valence-corrected chi connectivity index (χ0v) is 14.6. The van der Waals surface area contributed by atoms with Crippen LogP contribution in [0.2, 0.25) is 0 Å². The highest BCUT2D eigenvalue weighted by molar-refractivity contribution is 5.93. The van der Waals surface area contributed by atoms with Gasteiger partial charge in [0.15, 0.2) is 0 Å². The second-order valence-corrected chi connectivity index (χ2v) is 6.88. The number of nitrogens with zero attached hydrogens (tertiary/aromatic N) is 2. The van der Waals surface area contributed by atoms with Crippen LogP contribution in [0.4, 0.5) is 5.69 Å². The number of anilines is 1. The number of pyridine rings is 1. The van der Waals surface area contributed by atoms with E-state index in [1.165, 1.54) is 5.56 Å². The molecule has 126 valence electrons. The van der Waals surface area contributed by atoms with E-state index in [0.717, 1.165) is 36.6 Å². The van der Waals surface area contributed by atoms with Crippen molar-refractivity contribution in [3.63, 3.8) is 0 Å². The number of nitrogens with one attached hydrogen (secondary N) is 1. The molecule has 0 saturated carbocycles.